The first-order valence-electron chi connectivity index (χ1n) is 5.89. The summed E-state index contributed by atoms with van der Waals surface area (Å²) in [5.41, 5.74) is 7.88. The lowest BCUT2D eigenvalue weighted by Gasteiger charge is -2.10. The van der Waals surface area contributed by atoms with E-state index in [9.17, 15) is 4.79 Å². The van der Waals surface area contributed by atoms with Crippen LogP contribution in [0.4, 0.5) is 5.69 Å². The summed E-state index contributed by atoms with van der Waals surface area (Å²) in [5.74, 6) is -0.0853. The molecule has 18 heavy (non-hydrogen) atoms. The number of methoxy groups -OCH3 is 1. The molecule has 0 aliphatic rings. The molecule has 4 nitrogen and oxygen atoms in total. The Morgan fingerprint density at radius 3 is 2.83 bits per heavy atom. The van der Waals surface area contributed by atoms with Crippen molar-refractivity contribution in [1.29, 1.82) is 0 Å². The van der Waals surface area contributed by atoms with Crippen molar-refractivity contribution in [1.82, 2.24) is 5.32 Å². The van der Waals surface area contributed by atoms with Crippen molar-refractivity contribution in [3.63, 3.8) is 0 Å². The fourth-order valence-corrected chi connectivity index (χ4v) is 2.08. The van der Waals surface area contributed by atoms with Crippen LogP contribution in [0.1, 0.15) is 28.8 Å². The van der Waals surface area contributed by atoms with Gasteiger partial charge in [0.2, 0.25) is 0 Å². The minimum absolute atomic E-state index is 0.0853. The molecule has 0 saturated carbocycles. The number of nitrogen functional groups attached to an aromatic ring is 1. The van der Waals surface area contributed by atoms with Crippen LogP contribution in [0.5, 0.6) is 0 Å². The quantitative estimate of drug-likeness (QED) is 0.626. The number of carbonyl (C=O) groups excluding carboxylic acids is 1. The van der Waals surface area contributed by atoms with Crippen LogP contribution in [-0.2, 0) is 4.74 Å². The Bertz CT molecular complexity index is 422. The van der Waals surface area contributed by atoms with Crippen molar-refractivity contribution >= 4 is 27.5 Å². The number of carbonyl (C=O) groups is 1. The average Bonchev–Trinajstić information content (AvgIpc) is 2.33. The molecule has 0 aliphatic heterocycles. The molecule has 0 radical (unpaired) electrons. The van der Waals surface area contributed by atoms with Crippen LogP contribution in [-0.4, -0.2) is 26.2 Å². The van der Waals surface area contributed by atoms with E-state index in [0.717, 1.165) is 29.5 Å². The number of anilines is 1. The third kappa shape index (κ3) is 4.31. The SMILES string of the molecule is COCCCCNC(=O)c1cc(Br)cc(N)c1C. The first-order chi connectivity index (χ1) is 8.56. The van der Waals surface area contributed by atoms with E-state index >= 15 is 0 Å². The molecule has 5 heteroatoms. The summed E-state index contributed by atoms with van der Waals surface area (Å²) in [6.07, 6.45) is 1.85. The largest absolute Gasteiger partial charge is 0.398 e. The number of halogens is 1. The molecule has 0 atom stereocenters. The zero-order chi connectivity index (χ0) is 13.5. The van der Waals surface area contributed by atoms with E-state index in [1.54, 1.807) is 19.2 Å². The van der Waals surface area contributed by atoms with Crippen molar-refractivity contribution in [2.24, 2.45) is 0 Å². The molecule has 1 amide bonds. The summed E-state index contributed by atoms with van der Waals surface area (Å²) in [4.78, 5) is 12.0. The molecule has 1 rings (SSSR count). The Labute approximate surface area is 116 Å². The van der Waals surface area contributed by atoms with Gasteiger partial charge in [0.15, 0.2) is 0 Å². The van der Waals surface area contributed by atoms with Crippen molar-refractivity contribution in [3.8, 4) is 0 Å². The Morgan fingerprint density at radius 1 is 1.44 bits per heavy atom. The summed E-state index contributed by atoms with van der Waals surface area (Å²) in [6, 6.07) is 3.58. The number of unbranched alkanes of at least 4 members (excludes halogenated alkanes) is 1. The van der Waals surface area contributed by atoms with Crippen LogP contribution < -0.4 is 11.1 Å². The number of hydrogen-bond acceptors (Lipinski definition) is 3. The van der Waals surface area contributed by atoms with Gasteiger partial charge in [0.1, 0.15) is 0 Å². The maximum absolute atomic E-state index is 12.0. The van der Waals surface area contributed by atoms with Crippen LogP contribution >= 0.6 is 15.9 Å². The van der Waals surface area contributed by atoms with Gasteiger partial charge in [-0.2, -0.15) is 0 Å². The Hall–Kier alpha value is -1.07. The number of nitrogens with one attached hydrogen (secondary N) is 1. The first-order valence-corrected chi connectivity index (χ1v) is 6.68. The lowest BCUT2D eigenvalue weighted by atomic mass is 10.1. The monoisotopic (exact) mass is 314 g/mol. The van der Waals surface area contributed by atoms with Crippen LogP contribution in [0.15, 0.2) is 16.6 Å². The van der Waals surface area contributed by atoms with E-state index in [-0.39, 0.29) is 5.91 Å². The second-order valence-corrected chi connectivity index (χ2v) is 5.04. The summed E-state index contributed by atoms with van der Waals surface area (Å²) in [5, 5.41) is 2.88. The third-order valence-electron chi connectivity index (χ3n) is 2.72. The zero-order valence-electron chi connectivity index (χ0n) is 10.8. The molecule has 0 fully saturated rings. The normalized spacial score (nSPS) is 10.4. The van der Waals surface area contributed by atoms with Crippen molar-refractivity contribution < 1.29 is 9.53 Å². The van der Waals surface area contributed by atoms with Crippen molar-refractivity contribution in [2.45, 2.75) is 19.8 Å². The maximum atomic E-state index is 12.0. The van der Waals surface area contributed by atoms with Crippen molar-refractivity contribution in [3.05, 3.63) is 27.7 Å². The van der Waals surface area contributed by atoms with Gasteiger partial charge in [0.25, 0.3) is 5.91 Å². The molecule has 0 aliphatic carbocycles. The topological polar surface area (TPSA) is 64.3 Å². The fraction of sp³-hybridized carbons (Fsp3) is 0.462. The molecular weight excluding hydrogens is 296 g/mol. The Morgan fingerprint density at radius 2 is 2.17 bits per heavy atom. The summed E-state index contributed by atoms with van der Waals surface area (Å²) >= 11 is 3.34. The highest BCUT2D eigenvalue weighted by Crippen LogP contribution is 2.22. The number of ether oxygens (including phenoxy) is 1. The number of rotatable bonds is 6. The molecule has 1 aromatic rings. The average molecular weight is 315 g/mol. The highest BCUT2D eigenvalue weighted by atomic mass is 79.9. The second-order valence-electron chi connectivity index (χ2n) is 4.12. The van der Waals surface area contributed by atoms with Gasteiger partial charge in [-0.25, -0.2) is 0 Å². The van der Waals surface area contributed by atoms with E-state index in [2.05, 4.69) is 21.2 Å². The van der Waals surface area contributed by atoms with Gasteiger partial charge >= 0.3 is 0 Å². The van der Waals surface area contributed by atoms with Crippen LogP contribution in [0, 0.1) is 6.92 Å². The Kier molecular flexibility index (Phi) is 6.15. The van der Waals surface area contributed by atoms with E-state index in [4.69, 9.17) is 10.5 Å². The van der Waals surface area contributed by atoms with E-state index in [1.807, 2.05) is 6.92 Å². The maximum Gasteiger partial charge on any atom is 0.251 e. The smallest absolute Gasteiger partial charge is 0.251 e. The summed E-state index contributed by atoms with van der Waals surface area (Å²) in [6.45, 7) is 3.22. The number of amides is 1. The lowest BCUT2D eigenvalue weighted by molar-refractivity contribution is 0.0951. The van der Waals surface area contributed by atoms with Gasteiger partial charge in [0.05, 0.1) is 0 Å². The van der Waals surface area contributed by atoms with E-state index in [0.29, 0.717) is 17.8 Å². The van der Waals surface area contributed by atoms with E-state index in [1.165, 1.54) is 0 Å². The van der Waals surface area contributed by atoms with Crippen LogP contribution in [0.3, 0.4) is 0 Å². The minimum atomic E-state index is -0.0853. The first kappa shape index (κ1) is 15.0. The van der Waals surface area contributed by atoms with Gasteiger partial charge in [-0.15, -0.1) is 0 Å². The van der Waals surface area contributed by atoms with Gasteiger partial charge < -0.3 is 15.8 Å². The lowest BCUT2D eigenvalue weighted by Crippen LogP contribution is -2.25. The van der Waals surface area contributed by atoms with Crippen LogP contribution in [0.25, 0.3) is 0 Å². The predicted octanol–water partition coefficient (Wildman–Crippen LogP) is 2.50. The number of benzene rings is 1. The van der Waals surface area contributed by atoms with Crippen LogP contribution in [0.2, 0.25) is 0 Å². The summed E-state index contributed by atoms with van der Waals surface area (Å²) < 4.78 is 5.76. The molecule has 3 N–H and O–H groups in total. The van der Waals surface area contributed by atoms with Gasteiger partial charge in [-0.05, 0) is 37.5 Å². The molecule has 1 aromatic carbocycles. The third-order valence-corrected chi connectivity index (χ3v) is 3.18. The molecule has 0 aromatic heterocycles. The zero-order valence-corrected chi connectivity index (χ0v) is 12.3. The molecular formula is C13H19BrN2O2. The van der Waals surface area contributed by atoms with E-state index < -0.39 is 0 Å². The van der Waals surface area contributed by atoms with Crippen molar-refractivity contribution in [2.75, 3.05) is 26.0 Å². The molecule has 0 heterocycles. The van der Waals surface area contributed by atoms with Gasteiger partial charge in [0, 0.05) is 36.0 Å². The molecule has 0 bridgehead atoms. The predicted molar refractivity (Wildman–Crippen MR) is 76.7 cm³/mol. The number of nitrogens with two attached hydrogens (primary N) is 1. The number of hydrogen-bond donors (Lipinski definition) is 2. The fourth-order valence-electron chi connectivity index (χ4n) is 1.60. The van der Waals surface area contributed by atoms with Gasteiger partial charge in [-0.1, -0.05) is 15.9 Å². The Balaban J connectivity index is 2.56. The molecule has 0 spiro atoms. The molecule has 100 valence electrons. The summed E-state index contributed by atoms with van der Waals surface area (Å²) in [7, 11) is 1.67. The second kappa shape index (κ2) is 7.38. The minimum Gasteiger partial charge on any atom is -0.398 e. The molecule has 0 unspecified atom stereocenters. The van der Waals surface area contributed by atoms with Gasteiger partial charge in [-0.3, -0.25) is 4.79 Å². The standard InChI is InChI=1S/C13H19BrN2O2/c1-9-11(7-10(14)8-12(9)15)13(17)16-5-3-4-6-18-2/h7-8H,3-6,15H2,1-2H3,(H,16,17). The highest BCUT2D eigenvalue weighted by Gasteiger charge is 2.11. The highest BCUT2D eigenvalue weighted by molar-refractivity contribution is 9.10. The molecule has 0 saturated heterocycles.